The number of benzene rings is 1. The minimum absolute atomic E-state index is 0.104. The van der Waals surface area contributed by atoms with Gasteiger partial charge in [-0.05, 0) is 42.8 Å². The molecule has 0 aliphatic heterocycles. The highest BCUT2D eigenvalue weighted by Gasteiger charge is 2.35. The van der Waals surface area contributed by atoms with Crippen molar-refractivity contribution in [2.45, 2.75) is 30.2 Å². The van der Waals surface area contributed by atoms with Crippen LogP contribution in [0.1, 0.15) is 19.3 Å². The molecular formula is C14H15NO2S2. The molecule has 0 saturated heterocycles. The molecule has 1 heterocycles. The summed E-state index contributed by atoms with van der Waals surface area (Å²) in [6, 6.07) is 11.2. The molecule has 19 heavy (non-hydrogen) atoms. The van der Waals surface area contributed by atoms with E-state index in [0.717, 1.165) is 24.9 Å². The summed E-state index contributed by atoms with van der Waals surface area (Å²) in [6.07, 6.45) is 2.99. The van der Waals surface area contributed by atoms with Crippen LogP contribution in [0.3, 0.4) is 0 Å². The zero-order valence-electron chi connectivity index (χ0n) is 10.4. The van der Waals surface area contributed by atoms with Crippen LogP contribution in [-0.2, 0) is 10.0 Å². The Morgan fingerprint density at radius 3 is 2.37 bits per heavy atom. The molecule has 0 radical (unpaired) electrons. The molecule has 0 N–H and O–H groups in total. The van der Waals surface area contributed by atoms with Gasteiger partial charge < -0.3 is 0 Å². The maximum absolute atomic E-state index is 12.8. The Hall–Kier alpha value is -1.33. The van der Waals surface area contributed by atoms with Crippen molar-refractivity contribution >= 4 is 27.0 Å². The zero-order chi connectivity index (χ0) is 13.3. The number of para-hydroxylation sites is 1. The van der Waals surface area contributed by atoms with Gasteiger partial charge in [-0.3, -0.25) is 4.31 Å². The SMILES string of the molecule is O=S(=O)(c1ccsc1)N(c1ccccc1)C1CCC1. The fraction of sp³-hybridized carbons (Fsp3) is 0.286. The summed E-state index contributed by atoms with van der Waals surface area (Å²) in [5.74, 6) is 0. The van der Waals surface area contributed by atoms with Crippen molar-refractivity contribution in [3.63, 3.8) is 0 Å². The van der Waals surface area contributed by atoms with E-state index in [2.05, 4.69) is 0 Å². The van der Waals surface area contributed by atoms with Crippen LogP contribution in [0.5, 0.6) is 0 Å². The third-order valence-corrected chi connectivity index (χ3v) is 6.18. The minimum Gasteiger partial charge on any atom is -0.263 e. The van der Waals surface area contributed by atoms with E-state index in [4.69, 9.17) is 0 Å². The van der Waals surface area contributed by atoms with E-state index >= 15 is 0 Å². The standard InChI is InChI=1S/C14H15NO2S2/c16-19(17,14-9-10-18-11-14)15(13-7-4-8-13)12-5-2-1-3-6-12/h1-3,5-6,9-11,13H,4,7-8H2. The lowest BCUT2D eigenvalue weighted by molar-refractivity contribution is 0.415. The molecule has 0 atom stereocenters. The Balaban J connectivity index is 2.05. The third kappa shape index (κ3) is 2.28. The number of anilines is 1. The van der Waals surface area contributed by atoms with E-state index in [1.807, 2.05) is 30.3 Å². The van der Waals surface area contributed by atoms with Crippen LogP contribution in [0, 0.1) is 0 Å². The molecule has 3 rings (SSSR count). The summed E-state index contributed by atoms with van der Waals surface area (Å²) in [5, 5.41) is 3.50. The van der Waals surface area contributed by atoms with Gasteiger partial charge in [-0.1, -0.05) is 18.2 Å². The first-order valence-electron chi connectivity index (χ1n) is 6.31. The summed E-state index contributed by atoms with van der Waals surface area (Å²) >= 11 is 1.41. The van der Waals surface area contributed by atoms with Crippen LogP contribution in [0.25, 0.3) is 0 Å². The van der Waals surface area contributed by atoms with Crippen LogP contribution in [0.2, 0.25) is 0 Å². The predicted octanol–water partition coefficient (Wildman–Crippen LogP) is 3.50. The monoisotopic (exact) mass is 293 g/mol. The second kappa shape index (κ2) is 4.98. The van der Waals surface area contributed by atoms with E-state index in [-0.39, 0.29) is 6.04 Å². The molecular weight excluding hydrogens is 278 g/mol. The molecule has 1 aliphatic carbocycles. The van der Waals surface area contributed by atoms with Gasteiger partial charge in [0.1, 0.15) is 0 Å². The van der Waals surface area contributed by atoms with Crippen LogP contribution < -0.4 is 4.31 Å². The van der Waals surface area contributed by atoms with E-state index in [0.29, 0.717) is 4.90 Å². The average molecular weight is 293 g/mol. The van der Waals surface area contributed by atoms with Gasteiger partial charge >= 0.3 is 0 Å². The minimum atomic E-state index is -3.43. The number of rotatable bonds is 4. The van der Waals surface area contributed by atoms with Gasteiger partial charge in [0, 0.05) is 11.4 Å². The van der Waals surface area contributed by atoms with Crippen LogP contribution in [0.4, 0.5) is 5.69 Å². The molecule has 0 amide bonds. The number of hydrogen-bond acceptors (Lipinski definition) is 3. The lowest BCUT2D eigenvalue weighted by Crippen LogP contribution is -2.44. The summed E-state index contributed by atoms with van der Waals surface area (Å²) < 4.78 is 27.1. The molecule has 1 aromatic carbocycles. The van der Waals surface area contributed by atoms with Crippen molar-refractivity contribution in [3.8, 4) is 0 Å². The number of sulfonamides is 1. The van der Waals surface area contributed by atoms with E-state index in [1.54, 1.807) is 21.1 Å². The first kappa shape index (κ1) is 12.7. The number of nitrogens with zero attached hydrogens (tertiary/aromatic N) is 1. The highest BCUT2D eigenvalue weighted by atomic mass is 32.2. The molecule has 1 fully saturated rings. The van der Waals surface area contributed by atoms with Crippen LogP contribution in [-0.4, -0.2) is 14.5 Å². The molecule has 1 aromatic heterocycles. The predicted molar refractivity (Wildman–Crippen MR) is 78.1 cm³/mol. The largest absolute Gasteiger partial charge is 0.265 e. The maximum atomic E-state index is 12.8. The van der Waals surface area contributed by atoms with Gasteiger partial charge in [-0.25, -0.2) is 8.42 Å². The van der Waals surface area contributed by atoms with Crippen molar-refractivity contribution in [1.29, 1.82) is 0 Å². The third-order valence-electron chi connectivity index (χ3n) is 3.47. The molecule has 0 unspecified atom stereocenters. The fourth-order valence-electron chi connectivity index (χ4n) is 2.25. The molecule has 3 nitrogen and oxygen atoms in total. The Bertz CT molecular complexity index is 631. The second-order valence-electron chi connectivity index (χ2n) is 4.68. The van der Waals surface area contributed by atoms with Crippen molar-refractivity contribution in [3.05, 3.63) is 47.2 Å². The van der Waals surface area contributed by atoms with Crippen molar-refractivity contribution in [2.75, 3.05) is 4.31 Å². The molecule has 100 valence electrons. The molecule has 2 aromatic rings. The Morgan fingerprint density at radius 1 is 1.11 bits per heavy atom. The lowest BCUT2D eigenvalue weighted by Gasteiger charge is -2.37. The number of thiophene rings is 1. The Labute approximate surface area is 117 Å². The second-order valence-corrected chi connectivity index (χ2v) is 7.28. The zero-order valence-corrected chi connectivity index (χ0v) is 12.0. The highest BCUT2D eigenvalue weighted by Crippen LogP contribution is 2.34. The normalized spacial score (nSPS) is 16.0. The fourth-order valence-corrected chi connectivity index (χ4v) is 4.98. The lowest BCUT2D eigenvalue weighted by atomic mass is 9.93. The first-order chi connectivity index (χ1) is 9.19. The van der Waals surface area contributed by atoms with E-state index < -0.39 is 10.0 Å². The smallest absolute Gasteiger partial charge is 0.263 e. The van der Waals surface area contributed by atoms with Gasteiger partial charge in [0.25, 0.3) is 10.0 Å². The molecule has 1 saturated carbocycles. The Kier molecular flexibility index (Phi) is 3.33. The van der Waals surface area contributed by atoms with Crippen molar-refractivity contribution in [2.24, 2.45) is 0 Å². The average Bonchev–Trinajstić information content (AvgIpc) is 2.89. The van der Waals surface area contributed by atoms with Gasteiger partial charge in [0.15, 0.2) is 0 Å². The summed E-state index contributed by atoms with van der Waals surface area (Å²) in [5.41, 5.74) is 0.762. The Morgan fingerprint density at radius 2 is 1.84 bits per heavy atom. The highest BCUT2D eigenvalue weighted by molar-refractivity contribution is 7.93. The van der Waals surface area contributed by atoms with E-state index in [9.17, 15) is 8.42 Å². The van der Waals surface area contributed by atoms with Crippen LogP contribution in [0.15, 0.2) is 52.1 Å². The maximum Gasteiger partial charge on any atom is 0.265 e. The van der Waals surface area contributed by atoms with Gasteiger partial charge in [-0.15, -0.1) is 0 Å². The van der Waals surface area contributed by atoms with Gasteiger partial charge in [0.05, 0.1) is 10.6 Å². The van der Waals surface area contributed by atoms with E-state index in [1.165, 1.54) is 11.3 Å². The summed E-state index contributed by atoms with van der Waals surface area (Å²) in [4.78, 5) is 0.397. The van der Waals surface area contributed by atoms with Gasteiger partial charge in [0.2, 0.25) is 0 Å². The molecule has 0 spiro atoms. The molecule has 0 bridgehead atoms. The molecule has 5 heteroatoms. The van der Waals surface area contributed by atoms with Crippen molar-refractivity contribution < 1.29 is 8.42 Å². The summed E-state index contributed by atoms with van der Waals surface area (Å²) in [7, 11) is -3.43. The summed E-state index contributed by atoms with van der Waals surface area (Å²) in [6.45, 7) is 0. The van der Waals surface area contributed by atoms with Gasteiger partial charge in [-0.2, -0.15) is 11.3 Å². The number of hydrogen-bond donors (Lipinski definition) is 0. The van der Waals surface area contributed by atoms with Crippen LogP contribution >= 0.6 is 11.3 Å². The molecule has 1 aliphatic rings. The topological polar surface area (TPSA) is 37.4 Å². The quantitative estimate of drug-likeness (QED) is 0.865. The van der Waals surface area contributed by atoms with Crippen molar-refractivity contribution in [1.82, 2.24) is 0 Å². The first-order valence-corrected chi connectivity index (χ1v) is 8.69.